The number of hydrogen-bond acceptors (Lipinski definition) is 7. The number of fused-ring (bicyclic) bond motifs is 2. The number of nitrogens with one attached hydrogen (secondary N) is 1. The molecular weight excluding hydrogens is 258 g/mol. The maximum Gasteiger partial charge on any atom is 0.158 e. The van der Waals surface area contributed by atoms with Crippen LogP contribution in [0.3, 0.4) is 0 Å². The Balaban J connectivity index is 1.80. The van der Waals surface area contributed by atoms with Crippen LogP contribution in [0.4, 0.5) is 11.6 Å². The first kappa shape index (κ1) is 13.5. The zero-order chi connectivity index (χ0) is 13.9. The van der Waals surface area contributed by atoms with Gasteiger partial charge in [-0.1, -0.05) is 0 Å². The molecule has 3 N–H and O–H groups in total. The predicted octanol–water partition coefficient (Wildman–Crippen LogP) is 0.666. The second-order valence-electron chi connectivity index (χ2n) is 5.17. The molecule has 0 saturated carbocycles. The van der Waals surface area contributed by atoms with Gasteiger partial charge in [-0.2, -0.15) is 0 Å². The predicted molar refractivity (Wildman–Crippen MR) is 75.3 cm³/mol. The van der Waals surface area contributed by atoms with Crippen LogP contribution in [0.1, 0.15) is 25.6 Å². The van der Waals surface area contributed by atoms with Crippen LogP contribution in [-0.4, -0.2) is 41.9 Å². The third-order valence-corrected chi connectivity index (χ3v) is 3.71. The van der Waals surface area contributed by atoms with Gasteiger partial charge in [0.25, 0.3) is 0 Å². The molecule has 2 saturated heterocycles. The van der Waals surface area contributed by atoms with Gasteiger partial charge in [-0.3, -0.25) is 0 Å². The summed E-state index contributed by atoms with van der Waals surface area (Å²) in [5.74, 6) is 7.64. The summed E-state index contributed by atoms with van der Waals surface area (Å²) in [6.07, 6.45) is 2.93. The van der Waals surface area contributed by atoms with Crippen molar-refractivity contribution in [1.29, 1.82) is 0 Å². The van der Waals surface area contributed by atoms with Crippen LogP contribution in [0.2, 0.25) is 0 Å². The lowest BCUT2D eigenvalue weighted by molar-refractivity contribution is 0.0301. The van der Waals surface area contributed by atoms with Gasteiger partial charge in [0.15, 0.2) is 5.82 Å². The SMILES string of the molecule is CCOCc1nc(NN)cc(N2CC3CCC(C2)O3)n1. The summed E-state index contributed by atoms with van der Waals surface area (Å²) < 4.78 is 11.2. The van der Waals surface area contributed by atoms with Crippen LogP contribution < -0.4 is 16.2 Å². The van der Waals surface area contributed by atoms with Gasteiger partial charge in [0.2, 0.25) is 0 Å². The molecule has 7 heteroatoms. The van der Waals surface area contributed by atoms with Crippen molar-refractivity contribution in [3.63, 3.8) is 0 Å². The third-order valence-electron chi connectivity index (χ3n) is 3.71. The first-order chi connectivity index (χ1) is 9.78. The van der Waals surface area contributed by atoms with Crippen molar-refractivity contribution in [1.82, 2.24) is 9.97 Å². The highest BCUT2D eigenvalue weighted by atomic mass is 16.5. The highest BCUT2D eigenvalue weighted by Gasteiger charge is 2.34. The van der Waals surface area contributed by atoms with Gasteiger partial charge >= 0.3 is 0 Å². The molecule has 0 aliphatic carbocycles. The van der Waals surface area contributed by atoms with Crippen LogP contribution in [0.25, 0.3) is 0 Å². The van der Waals surface area contributed by atoms with E-state index in [1.165, 1.54) is 0 Å². The van der Waals surface area contributed by atoms with Gasteiger partial charge in [0, 0.05) is 25.8 Å². The molecule has 1 aromatic heterocycles. The van der Waals surface area contributed by atoms with Crippen LogP contribution in [0.5, 0.6) is 0 Å². The molecule has 2 unspecified atom stereocenters. The summed E-state index contributed by atoms with van der Waals surface area (Å²) in [7, 11) is 0. The minimum absolute atomic E-state index is 0.327. The van der Waals surface area contributed by atoms with E-state index in [4.69, 9.17) is 15.3 Å². The number of aromatic nitrogens is 2. The van der Waals surface area contributed by atoms with Crippen molar-refractivity contribution in [2.45, 2.75) is 38.6 Å². The summed E-state index contributed by atoms with van der Waals surface area (Å²) in [4.78, 5) is 11.1. The first-order valence-corrected chi connectivity index (χ1v) is 7.11. The molecule has 0 amide bonds. The molecule has 20 heavy (non-hydrogen) atoms. The molecule has 0 aromatic carbocycles. The van der Waals surface area contributed by atoms with E-state index in [1.54, 1.807) is 0 Å². The lowest BCUT2D eigenvalue weighted by atomic mass is 10.2. The quantitative estimate of drug-likeness (QED) is 0.605. The van der Waals surface area contributed by atoms with Crippen molar-refractivity contribution in [2.24, 2.45) is 5.84 Å². The van der Waals surface area contributed by atoms with Crippen molar-refractivity contribution in [3.8, 4) is 0 Å². The number of nitrogens with two attached hydrogens (primary N) is 1. The smallest absolute Gasteiger partial charge is 0.158 e. The Bertz CT molecular complexity index is 458. The third kappa shape index (κ3) is 2.84. The minimum atomic E-state index is 0.327. The van der Waals surface area contributed by atoms with E-state index in [0.29, 0.717) is 37.1 Å². The molecule has 3 heterocycles. The topological polar surface area (TPSA) is 85.5 Å². The molecular formula is C13H21N5O2. The number of hydrogen-bond donors (Lipinski definition) is 2. The zero-order valence-corrected chi connectivity index (χ0v) is 11.7. The Morgan fingerprint density at radius 2 is 2.15 bits per heavy atom. The fourth-order valence-corrected chi connectivity index (χ4v) is 2.78. The average Bonchev–Trinajstić information content (AvgIpc) is 2.83. The van der Waals surface area contributed by atoms with E-state index in [1.807, 2.05) is 13.0 Å². The molecule has 2 atom stereocenters. The number of nitrogen functional groups attached to an aromatic ring is 1. The van der Waals surface area contributed by atoms with E-state index < -0.39 is 0 Å². The lowest BCUT2D eigenvalue weighted by Crippen LogP contribution is -2.43. The number of morpholine rings is 1. The number of rotatable bonds is 5. The van der Waals surface area contributed by atoms with E-state index in [9.17, 15) is 0 Å². The fraction of sp³-hybridized carbons (Fsp3) is 0.692. The van der Waals surface area contributed by atoms with Crippen molar-refractivity contribution >= 4 is 11.6 Å². The maximum absolute atomic E-state index is 5.85. The molecule has 0 spiro atoms. The Labute approximate surface area is 118 Å². The molecule has 3 rings (SSSR count). The van der Waals surface area contributed by atoms with Crippen LogP contribution in [0, 0.1) is 0 Å². The number of hydrazine groups is 1. The summed E-state index contributed by atoms with van der Waals surface area (Å²) in [6.45, 7) is 4.75. The minimum Gasteiger partial charge on any atom is -0.374 e. The fourth-order valence-electron chi connectivity index (χ4n) is 2.78. The van der Waals surface area contributed by atoms with Gasteiger partial charge in [-0.25, -0.2) is 15.8 Å². The van der Waals surface area contributed by atoms with Crippen molar-refractivity contribution in [2.75, 3.05) is 30.0 Å². The van der Waals surface area contributed by atoms with Crippen LogP contribution in [0.15, 0.2) is 6.07 Å². The normalized spacial score (nSPS) is 25.0. The summed E-state index contributed by atoms with van der Waals surface area (Å²) in [5.41, 5.74) is 2.60. The Hall–Kier alpha value is -1.44. The summed E-state index contributed by atoms with van der Waals surface area (Å²) in [5, 5.41) is 0. The molecule has 7 nitrogen and oxygen atoms in total. The molecule has 2 bridgehead atoms. The lowest BCUT2D eigenvalue weighted by Gasteiger charge is -2.33. The molecule has 110 valence electrons. The zero-order valence-electron chi connectivity index (χ0n) is 11.7. The van der Waals surface area contributed by atoms with Gasteiger partial charge in [-0.15, -0.1) is 0 Å². The second kappa shape index (κ2) is 5.90. The monoisotopic (exact) mass is 279 g/mol. The molecule has 2 aliphatic rings. The van der Waals surface area contributed by atoms with Gasteiger partial charge < -0.3 is 19.8 Å². The van der Waals surface area contributed by atoms with E-state index in [2.05, 4.69) is 20.3 Å². The molecule has 0 radical (unpaired) electrons. The molecule has 2 fully saturated rings. The Kier molecular flexibility index (Phi) is 4.00. The van der Waals surface area contributed by atoms with Crippen molar-refractivity contribution < 1.29 is 9.47 Å². The van der Waals surface area contributed by atoms with E-state index in [-0.39, 0.29) is 0 Å². The highest BCUT2D eigenvalue weighted by Crippen LogP contribution is 2.29. The standard InChI is InChI=1S/C13H21N5O2/c1-2-19-8-12-15-11(17-14)5-13(16-12)18-6-9-3-4-10(7-18)20-9/h5,9-10H,2-4,6-8,14H2,1H3,(H,15,16,17). The maximum atomic E-state index is 5.85. The number of nitrogens with zero attached hydrogens (tertiary/aromatic N) is 3. The Morgan fingerprint density at radius 1 is 1.40 bits per heavy atom. The number of ether oxygens (including phenoxy) is 2. The first-order valence-electron chi connectivity index (χ1n) is 7.11. The van der Waals surface area contributed by atoms with Gasteiger partial charge in [-0.05, 0) is 19.8 Å². The Morgan fingerprint density at radius 3 is 2.80 bits per heavy atom. The molecule has 1 aromatic rings. The molecule has 2 aliphatic heterocycles. The summed E-state index contributed by atoms with van der Waals surface area (Å²) >= 11 is 0. The average molecular weight is 279 g/mol. The van der Waals surface area contributed by atoms with Gasteiger partial charge in [0.1, 0.15) is 18.2 Å². The number of anilines is 2. The van der Waals surface area contributed by atoms with E-state index >= 15 is 0 Å². The van der Waals surface area contributed by atoms with E-state index in [0.717, 1.165) is 31.7 Å². The highest BCUT2D eigenvalue weighted by molar-refractivity contribution is 5.49. The van der Waals surface area contributed by atoms with Crippen LogP contribution in [-0.2, 0) is 16.1 Å². The van der Waals surface area contributed by atoms with Crippen molar-refractivity contribution in [3.05, 3.63) is 11.9 Å². The summed E-state index contributed by atoms with van der Waals surface area (Å²) in [6, 6.07) is 1.88. The second-order valence-corrected chi connectivity index (χ2v) is 5.17. The van der Waals surface area contributed by atoms with Crippen LogP contribution >= 0.6 is 0 Å². The largest absolute Gasteiger partial charge is 0.374 e. The van der Waals surface area contributed by atoms with Gasteiger partial charge in [0.05, 0.1) is 12.2 Å².